The highest BCUT2D eigenvalue weighted by atomic mass is 35.5. The first-order chi connectivity index (χ1) is 11.3. The molecule has 0 spiro atoms. The number of carbonyl (C=O) groups is 1. The highest BCUT2D eigenvalue weighted by molar-refractivity contribution is 7.92. The molecular weight excluding hydrogens is 368 g/mol. The number of hydrogen-bond acceptors (Lipinski definition) is 4. The van der Waals surface area contributed by atoms with Crippen LogP contribution in [0, 0.1) is 6.92 Å². The lowest BCUT2D eigenvalue weighted by Crippen LogP contribution is -2.38. The molecule has 1 amide bonds. The summed E-state index contributed by atoms with van der Waals surface area (Å²) in [6, 6.07) is 8.87. The van der Waals surface area contributed by atoms with Gasteiger partial charge >= 0.3 is 0 Å². The number of nitrogens with zero attached hydrogens (tertiary/aromatic N) is 1. The number of aryl methyl sites for hydroxylation is 1. The molecule has 2 rings (SSSR count). The number of benzene rings is 1. The molecule has 0 saturated heterocycles. The molecule has 0 aliphatic carbocycles. The molecule has 2 aromatic rings. The van der Waals surface area contributed by atoms with Gasteiger partial charge in [-0.3, -0.25) is 9.10 Å². The third-order valence-corrected chi connectivity index (χ3v) is 5.87. The van der Waals surface area contributed by atoms with Crippen molar-refractivity contribution >= 4 is 44.6 Å². The van der Waals surface area contributed by atoms with E-state index in [-0.39, 0.29) is 19.0 Å². The van der Waals surface area contributed by atoms with Crippen LogP contribution in [-0.2, 0) is 21.2 Å². The summed E-state index contributed by atoms with van der Waals surface area (Å²) in [5, 5.41) is 5.16. The summed E-state index contributed by atoms with van der Waals surface area (Å²) in [7, 11) is -3.47. The molecule has 1 aromatic heterocycles. The third kappa shape index (κ3) is 5.22. The number of halogens is 1. The molecule has 1 aromatic carbocycles. The Labute approximate surface area is 151 Å². The second-order valence-corrected chi connectivity index (χ2v) is 8.72. The van der Waals surface area contributed by atoms with Gasteiger partial charge in [-0.1, -0.05) is 23.7 Å². The van der Waals surface area contributed by atoms with Crippen molar-refractivity contribution in [1.82, 2.24) is 5.32 Å². The minimum atomic E-state index is -3.47. The van der Waals surface area contributed by atoms with Crippen LogP contribution in [0.15, 0.2) is 35.7 Å². The van der Waals surface area contributed by atoms with E-state index in [4.69, 9.17) is 11.6 Å². The number of rotatable bonds is 7. The number of nitrogens with one attached hydrogen (secondary N) is 1. The van der Waals surface area contributed by atoms with Crippen LogP contribution < -0.4 is 9.62 Å². The minimum Gasteiger partial charge on any atom is -0.354 e. The van der Waals surface area contributed by atoms with Crippen molar-refractivity contribution in [2.75, 3.05) is 23.7 Å². The summed E-state index contributed by atoms with van der Waals surface area (Å²) in [4.78, 5) is 12.9. The van der Waals surface area contributed by atoms with E-state index in [1.807, 2.05) is 24.4 Å². The van der Waals surface area contributed by atoms with Gasteiger partial charge < -0.3 is 5.32 Å². The van der Waals surface area contributed by atoms with Crippen LogP contribution in [-0.4, -0.2) is 33.7 Å². The molecular formula is C16H19ClN2O3S2. The quantitative estimate of drug-likeness (QED) is 0.795. The summed E-state index contributed by atoms with van der Waals surface area (Å²) in [6.07, 6.45) is 1.43. The fraction of sp³-hybridized carbons (Fsp3) is 0.312. The Morgan fingerprint density at radius 2 is 2.08 bits per heavy atom. The van der Waals surface area contributed by atoms with E-state index >= 15 is 0 Å². The number of carbonyl (C=O) groups excluding carboxylic acids is 1. The van der Waals surface area contributed by atoms with E-state index in [1.54, 1.807) is 18.2 Å². The Morgan fingerprint density at radius 3 is 2.67 bits per heavy atom. The fourth-order valence-electron chi connectivity index (χ4n) is 2.15. The number of amides is 1. The molecule has 0 bridgehead atoms. The number of anilines is 1. The van der Waals surface area contributed by atoms with Crippen molar-refractivity contribution in [2.45, 2.75) is 13.3 Å². The number of thiophene rings is 1. The van der Waals surface area contributed by atoms with Crippen LogP contribution in [0.5, 0.6) is 0 Å². The van der Waals surface area contributed by atoms with Crippen molar-refractivity contribution in [3.63, 3.8) is 0 Å². The molecule has 0 radical (unpaired) electrons. The Kier molecular flexibility index (Phi) is 6.26. The van der Waals surface area contributed by atoms with Gasteiger partial charge in [-0.2, -0.15) is 0 Å². The Balaban J connectivity index is 1.99. The summed E-state index contributed by atoms with van der Waals surface area (Å²) in [5.74, 6) is -0.132. The molecule has 1 N–H and O–H groups in total. The van der Waals surface area contributed by atoms with Crippen molar-refractivity contribution in [1.29, 1.82) is 0 Å². The topological polar surface area (TPSA) is 66.5 Å². The largest absolute Gasteiger partial charge is 0.354 e. The lowest BCUT2D eigenvalue weighted by Gasteiger charge is -2.23. The molecule has 0 saturated carbocycles. The van der Waals surface area contributed by atoms with Crippen molar-refractivity contribution < 1.29 is 13.2 Å². The lowest BCUT2D eigenvalue weighted by molar-refractivity contribution is -0.120. The van der Waals surface area contributed by atoms with Gasteiger partial charge in [0.05, 0.1) is 24.9 Å². The normalized spacial score (nSPS) is 11.3. The van der Waals surface area contributed by atoms with Gasteiger partial charge in [0.1, 0.15) is 0 Å². The van der Waals surface area contributed by atoms with Crippen molar-refractivity contribution in [2.24, 2.45) is 0 Å². The maximum Gasteiger partial charge on any atom is 0.232 e. The Morgan fingerprint density at radius 1 is 1.33 bits per heavy atom. The maximum atomic E-state index is 12.0. The second kappa shape index (κ2) is 8.00. The van der Waals surface area contributed by atoms with E-state index in [1.165, 1.54) is 15.6 Å². The first-order valence-electron chi connectivity index (χ1n) is 7.30. The minimum absolute atomic E-state index is 0.132. The van der Waals surface area contributed by atoms with Crippen LogP contribution >= 0.6 is 22.9 Å². The van der Waals surface area contributed by atoms with E-state index < -0.39 is 10.0 Å². The van der Waals surface area contributed by atoms with Gasteiger partial charge in [0.15, 0.2) is 0 Å². The summed E-state index contributed by atoms with van der Waals surface area (Å²) < 4.78 is 25.3. The fourth-order valence-corrected chi connectivity index (χ4v) is 3.95. The van der Waals surface area contributed by atoms with Crippen molar-refractivity contribution in [3.05, 3.63) is 51.2 Å². The lowest BCUT2D eigenvalue weighted by atomic mass is 10.2. The van der Waals surface area contributed by atoms with Crippen LogP contribution in [0.25, 0.3) is 0 Å². The van der Waals surface area contributed by atoms with Gasteiger partial charge in [0.2, 0.25) is 15.9 Å². The highest BCUT2D eigenvalue weighted by Crippen LogP contribution is 2.24. The highest BCUT2D eigenvalue weighted by Gasteiger charge is 2.18. The zero-order chi connectivity index (χ0) is 17.7. The molecule has 0 aliphatic rings. The van der Waals surface area contributed by atoms with E-state index in [9.17, 15) is 13.2 Å². The summed E-state index contributed by atoms with van der Waals surface area (Å²) in [5.41, 5.74) is 1.36. The van der Waals surface area contributed by atoms with Gasteiger partial charge in [-0.15, -0.1) is 11.3 Å². The summed E-state index contributed by atoms with van der Waals surface area (Å²) >= 11 is 7.60. The van der Waals surface area contributed by atoms with E-state index in [0.29, 0.717) is 17.1 Å². The van der Waals surface area contributed by atoms with Crippen molar-refractivity contribution in [3.8, 4) is 0 Å². The van der Waals surface area contributed by atoms with Crippen LogP contribution in [0.2, 0.25) is 5.02 Å². The van der Waals surface area contributed by atoms with Gasteiger partial charge in [-0.25, -0.2) is 8.42 Å². The predicted octanol–water partition coefficient (Wildman–Crippen LogP) is 2.83. The predicted molar refractivity (Wildman–Crippen MR) is 99.4 cm³/mol. The third-order valence-electron chi connectivity index (χ3n) is 3.40. The second-order valence-electron chi connectivity index (χ2n) is 5.37. The molecule has 0 unspecified atom stereocenters. The Bertz CT molecular complexity index is 805. The molecule has 5 nitrogen and oxygen atoms in total. The molecule has 24 heavy (non-hydrogen) atoms. The average Bonchev–Trinajstić information content (AvgIpc) is 2.98. The number of hydrogen-bond donors (Lipinski definition) is 1. The van der Waals surface area contributed by atoms with E-state index in [2.05, 4.69) is 5.32 Å². The van der Waals surface area contributed by atoms with E-state index in [0.717, 1.165) is 16.7 Å². The number of sulfonamides is 1. The molecule has 0 fully saturated rings. The standard InChI is InChI=1S/C16H19ClN2O3S2/c1-12-5-6-13(10-15(12)17)19(24(2,21)22)8-7-18-16(20)11-14-4-3-9-23-14/h3-6,9-10H,7-8,11H2,1-2H3,(H,18,20). The SMILES string of the molecule is Cc1ccc(N(CCNC(=O)Cc2cccs2)S(C)(=O)=O)cc1Cl. The monoisotopic (exact) mass is 386 g/mol. The molecule has 8 heteroatoms. The first-order valence-corrected chi connectivity index (χ1v) is 10.4. The summed E-state index contributed by atoms with van der Waals surface area (Å²) in [6.45, 7) is 2.22. The zero-order valence-electron chi connectivity index (χ0n) is 13.5. The van der Waals surface area contributed by atoms with Gasteiger partial charge in [-0.05, 0) is 36.1 Å². The average molecular weight is 387 g/mol. The smallest absolute Gasteiger partial charge is 0.232 e. The Hall–Kier alpha value is -1.57. The zero-order valence-corrected chi connectivity index (χ0v) is 15.8. The van der Waals surface area contributed by atoms with Gasteiger partial charge in [0, 0.05) is 16.4 Å². The van der Waals surface area contributed by atoms with Crippen LogP contribution in [0.4, 0.5) is 5.69 Å². The molecule has 1 heterocycles. The molecule has 0 aliphatic heterocycles. The maximum absolute atomic E-state index is 12.0. The molecule has 0 atom stereocenters. The molecule has 130 valence electrons. The van der Waals surface area contributed by atoms with Crippen LogP contribution in [0.3, 0.4) is 0 Å². The van der Waals surface area contributed by atoms with Crippen LogP contribution in [0.1, 0.15) is 10.4 Å². The first kappa shape index (κ1) is 18.8. The van der Waals surface area contributed by atoms with Gasteiger partial charge in [0.25, 0.3) is 0 Å².